The summed E-state index contributed by atoms with van der Waals surface area (Å²) in [4.78, 5) is 10.4. The highest BCUT2D eigenvalue weighted by Crippen LogP contribution is 2.22. The topological polar surface area (TPSA) is 63.3 Å². The number of hydrogen-bond acceptors (Lipinski definition) is 2. The molecule has 0 unspecified atom stereocenters. The Kier molecular flexibility index (Phi) is 1.76. The Labute approximate surface area is 59.5 Å². The van der Waals surface area contributed by atoms with Crippen molar-refractivity contribution >= 4 is 5.97 Å². The van der Waals surface area contributed by atoms with Gasteiger partial charge in [-0.1, -0.05) is 11.6 Å². The molecule has 3 N–H and O–H groups in total. The molecule has 56 valence electrons. The van der Waals surface area contributed by atoms with E-state index in [2.05, 4.69) is 0 Å². The van der Waals surface area contributed by atoms with Crippen LogP contribution in [0.25, 0.3) is 0 Å². The molecule has 0 aromatic carbocycles. The first kappa shape index (κ1) is 7.28. The molecule has 1 aliphatic carbocycles. The molecule has 10 heavy (non-hydrogen) atoms. The van der Waals surface area contributed by atoms with Gasteiger partial charge in [0.05, 0.1) is 5.92 Å². The number of carbonyl (C=O) groups is 1. The van der Waals surface area contributed by atoms with Crippen LogP contribution < -0.4 is 5.73 Å². The standard InChI is InChI=1S/C7H11NO2/c1-4-2-5(7(9)10)6(8)3-4/h2,5-6H,3,8H2,1H3,(H,9,10)/t5-,6+/m1/s1. The lowest BCUT2D eigenvalue weighted by Gasteiger charge is -2.07. The van der Waals surface area contributed by atoms with Crippen LogP contribution in [0.5, 0.6) is 0 Å². The van der Waals surface area contributed by atoms with Crippen LogP contribution in [0.1, 0.15) is 13.3 Å². The van der Waals surface area contributed by atoms with Crippen LogP contribution in [0.15, 0.2) is 11.6 Å². The summed E-state index contributed by atoms with van der Waals surface area (Å²) in [7, 11) is 0. The number of aliphatic carboxylic acids is 1. The molecular formula is C7H11NO2. The van der Waals surface area contributed by atoms with Gasteiger partial charge in [-0.2, -0.15) is 0 Å². The van der Waals surface area contributed by atoms with Gasteiger partial charge in [-0.25, -0.2) is 0 Å². The van der Waals surface area contributed by atoms with E-state index in [1.807, 2.05) is 6.92 Å². The van der Waals surface area contributed by atoms with Gasteiger partial charge < -0.3 is 10.8 Å². The summed E-state index contributed by atoms with van der Waals surface area (Å²) in [6.07, 6.45) is 2.45. The van der Waals surface area contributed by atoms with Crippen LogP contribution in [0.2, 0.25) is 0 Å². The van der Waals surface area contributed by atoms with E-state index in [9.17, 15) is 4.79 Å². The van der Waals surface area contributed by atoms with E-state index in [0.29, 0.717) is 0 Å². The maximum Gasteiger partial charge on any atom is 0.311 e. The predicted octanol–water partition coefficient (Wildman–Crippen LogP) is 0.365. The first-order valence-electron chi connectivity index (χ1n) is 3.27. The molecule has 3 heteroatoms. The molecule has 0 saturated carbocycles. The van der Waals surface area contributed by atoms with Gasteiger partial charge in [-0.3, -0.25) is 4.79 Å². The molecule has 2 atom stereocenters. The van der Waals surface area contributed by atoms with Gasteiger partial charge in [0.1, 0.15) is 0 Å². The summed E-state index contributed by atoms with van der Waals surface area (Å²) in [5.41, 5.74) is 6.62. The second-order valence-electron chi connectivity index (χ2n) is 2.75. The van der Waals surface area contributed by atoms with Gasteiger partial charge in [0, 0.05) is 6.04 Å². The fourth-order valence-corrected chi connectivity index (χ4v) is 1.25. The summed E-state index contributed by atoms with van der Waals surface area (Å²) < 4.78 is 0. The molecule has 0 saturated heterocycles. The van der Waals surface area contributed by atoms with E-state index in [0.717, 1.165) is 12.0 Å². The summed E-state index contributed by atoms with van der Waals surface area (Å²) in [5.74, 6) is -1.27. The van der Waals surface area contributed by atoms with Crippen molar-refractivity contribution in [3.8, 4) is 0 Å². The largest absolute Gasteiger partial charge is 0.481 e. The van der Waals surface area contributed by atoms with Crippen molar-refractivity contribution in [3.05, 3.63) is 11.6 Å². The van der Waals surface area contributed by atoms with Gasteiger partial charge in [-0.15, -0.1) is 0 Å². The lowest BCUT2D eigenvalue weighted by atomic mass is 10.1. The quantitative estimate of drug-likeness (QED) is 0.518. The molecule has 0 aromatic heterocycles. The molecule has 1 aliphatic rings. The molecule has 1 rings (SSSR count). The fraction of sp³-hybridized carbons (Fsp3) is 0.571. The van der Waals surface area contributed by atoms with Crippen LogP contribution >= 0.6 is 0 Å². The summed E-state index contributed by atoms with van der Waals surface area (Å²) >= 11 is 0. The lowest BCUT2D eigenvalue weighted by Crippen LogP contribution is -2.30. The van der Waals surface area contributed by atoms with Crippen molar-refractivity contribution in [1.29, 1.82) is 0 Å². The minimum atomic E-state index is -0.815. The molecule has 0 fully saturated rings. The molecule has 0 aliphatic heterocycles. The first-order valence-corrected chi connectivity index (χ1v) is 3.27. The second kappa shape index (κ2) is 2.42. The summed E-state index contributed by atoms with van der Waals surface area (Å²) in [5, 5.41) is 8.58. The van der Waals surface area contributed by atoms with Crippen LogP contribution in [0.3, 0.4) is 0 Å². The van der Waals surface area contributed by atoms with Crippen LogP contribution in [0, 0.1) is 5.92 Å². The number of hydrogen-bond donors (Lipinski definition) is 2. The molecule has 0 bridgehead atoms. The lowest BCUT2D eigenvalue weighted by molar-refractivity contribution is -0.140. The Morgan fingerprint density at radius 3 is 2.70 bits per heavy atom. The number of rotatable bonds is 1. The third kappa shape index (κ3) is 1.19. The van der Waals surface area contributed by atoms with E-state index in [-0.39, 0.29) is 6.04 Å². The minimum absolute atomic E-state index is 0.211. The van der Waals surface area contributed by atoms with Crippen molar-refractivity contribution in [3.63, 3.8) is 0 Å². The third-order valence-electron chi connectivity index (χ3n) is 1.77. The van der Waals surface area contributed by atoms with Crippen LogP contribution in [-0.2, 0) is 4.79 Å². The Morgan fingerprint density at radius 1 is 1.90 bits per heavy atom. The molecule has 0 radical (unpaired) electrons. The highest BCUT2D eigenvalue weighted by Gasteiger charge is 2.27. The predicted molar refractivity (Wildman–Crippen MR) is 37.5 cm³/mol. The SMILES string of the molecule is CC1=C[C@@H](C(=O)O)[C@@H](N)C1. The zero-order valence-corrected chi connectivity index (χ0v) is 5.87. The molecule has 0 aromatic rings. The average molecular weight is 141 g/mol. The Balaban J connectivity index is 2.69. The van der Waals surface area contributed by atoms with Gasteiger partial charge in [0.15, 0.2) is 0 Å². The normalized spacial score (nSPS) is 32.0. The van der Waals surface area contributed by atoms with Crippen molar-refractivity contribution in [2.45, 2.75) is 19.4 Å². The van der Waals surface area contributed by atoms with E-state index in [1.165, 1.54) is 0 Å². The number of carboxylic acid groups (broad SMARTS) is 1. The molecule has 0 amide bonds. The monoisotopic (exact) mass is 141 g/mol. The highest BCUT2D eigenvalue weighted by molar-refractivity contribution is 5.74. The molecular weight excluding hydrogens is 130 g/mol. The zero-order chi connectivity index (χ0) is 7.72. The number of carboxylic acids is 1. The maximum atomic E-state index is 10.4. The van der Waals surface area contributed by atoms with Crippen LogP contribution in [0.4, 0.5) is 0 Å². The number of nitrogens with two attached hydrogens (primary N) is 1. The minimum Gasteiger partial charge on any atom is -0.481 e. The van der Waals surface area contributed by atoms with Crippen molar-refractivity contribution in [2.24, 2.45) is 11.7 Å². The van der Waals surface area contributed by atoms with E-state index >= 15 is 0 Å². The van der Waals surface area contributed by atoms with Gasteiger partial charge in [0.25, 0.3) is 0 Å². The average Bonchev–Trinajstić information content (AvgIpc) is 2.10. The third-order valence-corrected chi connectivity index (χ3v) is 1.77. The Morgan fingerprint density at radius 2 is 2.50 bits per heavy atom. The van der Waals surface area contributed by atoms with E-state index < -0.39 is 11.9 Å². The first-order chi connectivity index (χ1) is 4.61. The smallest absolute Gasteiger partial charge is 0.311 e. The second-order valence-corrected chi connectivity index (χ2v) is 2.75. The van der Waals surface area contributed by atoms with Gasteiger partial charge >= 0.3 is 5.97 Å². The van der Waals surface area contributed by atoms with Crippen LogP contribution in [-0.4, -0.2) is 17.1 Å². The summed E-state index contributed by atoms with van der Waals surface area (Å²) in [6.45, 7) is 1.91. The van der Waals surface area contributed by atoms with E-state index in [4.69, 9.17) is 10.8 Å². The highest BCUT2D eigenvalue weighted by atomic mass is 16.4. The van der Waals surface area contributed by atoms with Gasteiger partial charge in [-0.05, 0) is 13.3 Å². The molecule has 3 nitrogen and oxygen atoms in total. The molecule has 0 heterocycles. The maximum absolute atomic E-state index is 10.4. The summed E-state index contributed by atoms with van der Waals surface area (Å²) in [6, 6.07) is -0.211. The Bertz CT molecular complexity index is 186. The van der Waals surface area contributed by atoms with Crippen molar-refractivity contribution in [1.82, 2.24) is 0 Å². The van der Waals surface area contributed by atoms with Crippen molar-refractivity contribution in [2.75, 3.05) is 0 Å². The molecule has 0 spiro atoms. The van der Waals surface area contributed by atoms with Gasteiger partial charge in [0.2, 0.25) is 0 Å². The van der Waals surface area contributed by atoms with Crippen molar-refractivity contribution < 1.29 is 9.90 Å². The van der Waals surface area contributed by atoms with E-state index in [1.54, 1.807) is 6.08 Å². The fourth-order valence-electron chi connectivity index (χ4n) is 1.25. The Hall–Kier alpha value is -0.830. The zero-order valence-electron chi connectivity index (χ0n) is 5.87.